The molecule has 3 aromatic heterocycles. The minimum atomic E-state index is -0.392. The molecule has 1 aromatic carbocycles. The Kier molecular flexibility index (Phi) is 4.51. The molecule has 2 unspecified atom stereocenters. The smallest absolute Gasteiger partial charge is 0.261 e. The highest BCUT2D eigenvalue weighted by atomic mass is 32.1. The van der Waals surface area contributed by atoms with Gasteiger partial charge in [0.05, 0.1) is 22.7 Å². The molecular weight excluding hydrogens is 422 g/mol. The zero-order valence-electron chi connectivity index (χ0n) is 17.6. The normalized spacial score (nSPS) is 20.5. The number of hydrogen-bond donors (Lipinski definition) is 3. The molecule has 8 heteroatoms. The first-order chi connectivity index (χ1) is 15.6. The molecule has 3 N–H and O–H groups in total. The molecule has 0 saturated carbocycles. The Morgan fingerprint density at radius 2 is 1.97 bits per heavy atom. The van der Waals surface area contributed by atoms with Crippen LogP contribution >= 0.6 is 11.3 Å². The number of piperidine rings is 1. The van der Waals surface area contributed by atoms with E-state index in [9.17, 15) is 9.59 Å². The summed E-state index contributed by atoms with van der Waals surface area (Å²) < 4.78 is 2.04. The first-order valence-corrected chi connectivity index (χ1v) is 11.8. The van der Waals surface area contributed by atoms with Crippen molar-refractivity contribution in [2.75, 3.05) is 13.1 Å². The van der Waals surface area contributed by atoms with Crippen molar-refractivity contribution in [3.8, 4) is 0 Å². The van der Waals surface area contributed by atoms with E-state index in [2.05, 4.69) is 22.5 Å². The lowest BCUT2D eigenvalue weighted by atomic mass is 9.93. The summed E-state index contributed by atoms with van der Waals surface area (Å²) in [4.78, 5) is 30.1. The van der Waals surface area contributed by atoms with Gasteiger partial charge < -0.3 is 10.3 Å². The van der Waals surface area contributed by atoms with E-state index in [1.807, 2.05) is 46.6 Å². The lowest BCUT2D eigenvalue weighted by Crippen LogP contribution is -2.34. The fourth-order valence-electron chi connectivity index (χ4n) is 5.07. The van der Waals surface area contributed by atoms with Gasteiger partial charge in [0.15, 0.2) is 0 Å². The van der Waals surface area contributed by atoms with Gasteiger partial charge in [0, 0.05) is 22.5 Å². The van der Waals surface area contributed by atoms with Gasteiger partial charge in [-0.3, -0.25) is 19.6 Å². The van der Waals surface area contributed by atoms with Crippen LogP contribution in [0.15, 0.2) is 41.9 Å². The molecule has 162 valence electrons. The second kappa shape index (κ2) is 7.43. The summed E-state index contributed by atoms with van der Waals surface area (Å²) in [5, 5.41) is 14.8. The number of hydrogen-bond acceptors (Lipinski definition) is 5. The third-order valence-electron chi connectivity index (χ3n) is 6.76. The molecule has 2 aliphatic heterocycles. The van der Waals surface area contributed by atoms with Gasteiger partial charge in [0.2, 0.25) is 0 Å². The van der Waals surface area contributed by atoms with E-state index in [1.54, 1.807) is 11.3 Å². The lowest BCUT2D eigenvalue weighted by molar-refractivity contribution is -0.122. The van der Waals surface area contributed by atoms with E-state index >= 15 is 0 Å². The van der Waals surface area contributed by atoms with Gasteiger partial charge in [-0.25, -0.2) is 0 Å². The molecule has 32 heavy (non-hydrogen) atoms. The van der Waals surface area contributed by atoms with Crippen LogP contribution in [-0.2, 0) is 9.59 Å². The number of rotatable bonds is 4. The van der Waals surface area contributed by atoms with Gasteiger partial charge >= 0.3 is 0 Å². The predicted octanol–water partition coefficient (Wildman–Crippen LogP) is 3.71. The average molecular weight is 446 g/mol. The van der Waals surface area contributed by atoms with Crippen LogP contribution in [0, 0.1) is 5.92 Å². The van der Waals surface area contributed by atoms with Crippen LogP contribution < -0.4 is 10.6 Å². The van der Waals surface area contributed by atoms with E-state index < -0.39 is 5.91 Å². The van der Waals surface area contributed by atoms with Gasteiger partial charge in [-0.15, -0.1) is 11.3 Å². The Bertz CT molecular complexity index is 1400. The molecule has 1 fully saturated rings. The van der Waals surface area contributed by atoms with Gasteiger partial charge in [0.1, 0.15) is 10.5 Å². The molecule has 4 aromatic rings. The number of nitrogens with zero attached hydrogens (tertiary/aromatic N) is 2. The molecule has 0 spiro atoms. The minimum Gasteiger partial charge on any atom is -0.352 e. The molecule has 2 amide bonds. The molecule has 6 rings (SSSR count). The highest BCUT2D eigenvalue weighted by Crippen LogP contribution is 2.39. The fourth-order valence-corrected chi connectivity index (χ4v) is 5.84. The molecule has 5 heterocycles. The topological polar surface area (TPSA) is 91.8 Å². The zero-order valence-corrected chi connectivity index (χ0v) is 18.5. The summed E-state index contributed by atoms with van der Waals surface area (Å²) in [5.41, 5.74) is 3.03. The SMILES string of the molecule is CC(C1CCCNC1)n1nc(C2=C(c3c[nH]c4sccc34)C(=O)NC2=O)c2ccccc21. The molecule has 2 aliphatic rings. The molecule has 2 atom stereocenters. The maximum Gasteiger partial charge on any atom is 0.261 e. The van der Waals surface area contributed by atoms with Crippen molar-refractivity contribution in [3.63, 3.8) is 0 Å². The van der Waals surface area contributed by atoms with Crippen LogP contribution in [0.4, 0.5) is 0 Å². The number of nitrogens with one attached hydrogen (secondary N) is 3. The quantitative estimate of drug-likeness (QED) is 0.418. The molecule has 0 aliphatic carbocycles. The Morgan fingerprint density at radius 1 is 1.12 bits per heavy atom. The Balaban J connectivity index is 1.57. The maximum absolute atomic E-state index is 13.0. The highest BCUT2D eigenvalue weighted by Gasteiger charge is 2.36. The molecule has 0 bridgehead atoms. The van der Waals surface area contributed by atoms with Crippen molar-refractivity contribution in [1.82, 2.24) is 25.4 Å². The first kappa shape index (κ1) is 19.5. The monoisotopic (exact) mass is 445 g/mol. The van der Waals surface area contributed by atoms with Crippen LogP contribution in [0.5, 0.6) is 0 Å². The van der Waals surface area contributed by atoms with Crippen LogP contribution in [0.1, 0.15) is 37.1 Å². The van der Waals surface area contributed by atoms with Crippen LogP contribution in [0.3, 0.4) is 0 Å². The lowest BCUT2D eigenvalue weighted by Gasteiger charge is -2.29. The summed E-state index contributed by atoms with van der Waals surface area (Å²) in [6, 6.07) is 10.1. The van der Waals surface area contributed by atoms with Crippen LogP contribution in [-0.4, -0.2) is 39.7 Å². The maximum atomic E-state index is 13.0. The molecule has 1 saturated heterocycles. The number of carbonyl (C=O) groups excluding carboxylic acids is 2. The summed E-state index contributed by atoms with van der Waals surface area (Å²) in [7, 11) is 0. The van der Waals surface area contributed by atoms with Crippen molar-refractivity contribution in [2.24, 2.45) is 5.92 Å². The van der Waals surface area contributed by atoms with E-state index in [-0.39, 0.29) is 11.9 Å². The second-order valence-electron chi connectivity index (χ2n) is 8.56. The molecule has 7 nitrogen and oxygen atoms in total. The van der Waals surface area contributed by atoms with E-state index in [0.29, 0.717) is 22.8 Å². The van der Waals surface area contributed by atoms with E-state index in [1.165, 1.54) is 0 Å². The predicted molar refractivity (Wildman–Crippen MR) is 126 cm³/mol. The number of aromatic nitrogens is 3. The number of fused-ring (bicyclic) bond motifs is 2. The van der Waals surface area contributed by atoms with Crippen molar-refractivity contribution in [3.05, 3.63) is 53.2 Å². The third kappa shape index (κ3) is 2.87. The highest BCUT2D eigenvalue weighted by molar-refractivity contribution is 7.16. The van der Waals surface area contributed by atoms with E-state index in [0.717, 1.165) is 52.6 Å². The number of amides is 2. The summed E-state index contributed by atoms with van der Waals surface area (Å²) >= 11 is 1.57. The first-order valence-electron chi connectivity index (χ1n) is 11.0. The van der Waals surface area contributed by atoms with Crippen molar-refractivity contribution in [1.29, 1.82) is 0 Å². The Morgan fingerprint density at radius 3 is 2.81 bits per heavy atom. The zero-order chi connectivity index (χ0) is 21.8. The van der Waals surface area contributed by atoms with Crippen molar-refractivity contribution < 1.29 is 9.59 Å². The number of imide groups is 1. The van der Waals surface area contributed by atoms with Crippen LogP contribution in [0.2, 0.25) is 0 Å². The summed E-state index contributed by atoms with van der Waals surface area (Å²) in [5.74, 6) is -0.306. The van der Waals surface area contributed by atoms with Crippen LogP contribution in [0.25, 0.3) is 32.3 Å². The van der Waals surface area contributed by atoms with E-state index in [4.69, 9.17) is 5.10 Å². The standard InChI is InChI=1S/C24H23N5O2S/c1-13(14-5-4-9-25-11-14)29-18-7-3-2-6-16(18)21(28-29)20-19(22(30)27-23(20)31)17-12-26-24-15(17)8-10-32-24/h2-3,6-8,10,12-14,25-26H,4-5,9,11H2,1H3,(H,27,30,31). The van der Waals surface area contributed by atoms with Crippen molar-refractivity contribution >= 4 is 55.4 Å². The van der Waals surface area contributed by atoms with Gasteiger partial charge in [0.25, 0.3) is 11.8 Å². The number of benzene rings is 1. The van der Waals surface area contributed by atoms with Gasteiger partial charge in [-0.1, -0.05) is 18.2 Å². The third-order valence-corrected chi connectivity index (χ3v) is 7.60. The number of H-pyrrole nitrogens is 1. The summed E-state index contributed by atoms with van der Waals surface area (Å²) in [6.07, 6.45) is 4.10. The summed E-state index contributed by atoms with van der Waals surface area (Å²) in [6.45, 7) is 4.20. The Labute approximate surface area is 188 Å². The van der Waals surface area contributed by atoms with Gasteiger partial charge in [-0.05, 0) is 56.3 Å². The average Bonchev–Trinajstić information content (AvgIpc) is 3.56. The number of aromatic amines is 1. The fraction of sp³-hybridized carbons (Fsp3) is 0.292. The molecular formula is C24H23N5O2S. The largest absolute Gasteiger partial charge is 0.352 e. The second-order valence-corrected chi connectivity index (χ2v) is 9.47. The number of para-hydroxylation sites is 1. The number of thiophene rings is 1. The Hall–Kier alpha value is -3.23. The number of carbonyl (C=O) groups is 2. The van der Waals surface area contributed by atoms with Gasteiger partial charge in [-0.2, -0.15) is 5.10 Å². The minimum absolute atomic E-state index is 0.168. The molecule has 0 radical (unpaired) electrons. The van der Waals surface area contributed by atoms with Crippen molar-refractivity contribution in [2.45, 2.75) is 25.8 Å².